The first kappa shape index (κ1) is 21.5. The molecular weight excluding hydrogens is 360 g/mol. The smallest absolute Gasteiger partial charge is 0.355 e. The monoisotopic (exact) mass is 388 g/mol. The molecule has 28 heavy (non-hydrogen) atoms. The number of aryl methyl sites for hydroxylation is 1. The first-order valence-electron chi connectivity index (χ1n) is 9.43. The van der Waals surface area contributed by atoms with Crippen molar-refractivity contribution in [2.75, 3.05) is 13.2 Å². The third-order valence-corrected chi connectivity index (χ3v) is 4.57. The largest absolute Gasteiger partial charge is 0.461 e. The second-order valence-electron chi connectivity index (χ2n) is 7.21. The molecule has 152 valence electrons. The average molecular weight is 388 g/mol. The van der Waals surface area contributed by atoms with E-state index < -0.39 is 12.0 Å². The molecule has 7 nitrogen and oxygen atoms in total. The molecule has 1 atom stereocenters. The van der Waals surface area contributed by atoms with Crippen LogP contribution in [0.4, 0.5) is 0 Å². The zero-order valence-electron chi connectivity index (χ0n) is 17.3. The molecule has 0 radical (unpaired) electrons. The number of nitrogens with one attached hydrogen (secondary N) is 1. The van der Waals surface area contributed by atoms with Crippen LogP contribution in [0.25, 0.3) is 0 Å². The highest BCUT2D eigenvalue weighted by Gasteiger charge is 2.32. The lowest BCUT2D eigenvalue weighted by atomic mass is 9.99. The maximum atomic E-state index is 13.3. The fourth-order valence-corrected chi connectivity index (χ4v) is 3.23. The van der Waals surface area contributed by atoms with Crippen LogP contribution in [-0.2, 0) is 4.74 Å². The van der Waals surface area contributed by atoms with Gasteiger partial charge in [0.15, 0.2) is 11.5 Å². The Morgan fingerprint density at radius 2 is 1.89 bits per heavy atom. The highest BCUT2D eigenvalue weighted by molar-refractivity contribution is 6.07. The molecule has 7 heteroatoms. The summed E-state index contributed by atoms with van der Waals surface area (Å²) >= 11 is 0. The molecule has 1 unspecified atom stereocenters. The summed E-state index contributed by atoms with van der Waals surface area (Å²) in [6.45, 7) is 11.5. The summed E-state index contributed by atoms with van der Waals surface area (Å²) in [6, 6.07) is 2.50. The number of hydrogen-bond donors (Lipinski definition) is 1. The summed E-state index contributed by atoms with van der Waals surface area (Å²) in [7, 11) is 0. The fraction of sp³-hybridized carbons (Fsp3) is 0.476. The first-order chi connectivity index (χ1) is 13.2. The van der Waals surface area contributed by atoms with Gasteiger partial charge in [-0.1, -0.05) is 13.8 Å². The summed E-state index contributed by atoms with van der Waals surface area (Å²) in [5, 5.41) is 0. The van der Waals surface area contributed by atoms with Crippen molar-refractivity contribution < 1.29 is 23.5 Å². The van der Waals surface area contributed by atoms with Crippen molar-refractivity contribution in [3.8, 4) is 0 Å². The van der Waals surface area contributed by atoms with Gasteiger partial charge in [0.05, 0.1) is 18.9 Å². The number of Topliss-reactive ketones (excluding diaryl/α,β-unsaturated/α-hetero) is 1. The minimum atomic E-state index is -0.719. The van der Waals surface area contributed by atoms with Crippen molar-refractivity contribution >= 4 is 17.7 Å². The number of aromatic nitrogens is 1. The van der Waals surface area contributed by atoms with E-state index in [1.54, 1.807) is 39.8 Å². The Bertz CT molecular complexity index is 849. The SMILES string of the molecule is CCOC(=O)c1[nH]c(C)c(C(=O)C(C)N(CC(C)C)C(=O)c2ccco2)c1C. The van der Waals surface area contributed by atoms with E-state index in [4.69, 9.17) is 9.15 Å². The van der Waals surface area contributed by atoms with Crippen LogP contribution in [0.1, 0.15) is 70.4 Å². The minimum absolute atomic E-state index is 0.165. The van der Waals surface area contributed by atoms with Crippen LogP contribution in [0, 0.1) is 19.8 Å². The Morgan fingerprint density at radius 3 is 2.43 bits per heavy atom. The van der Waals surface area contributed by atoms with E-state index >= 15 is 0 Å². The van der Waals surface area contributed by atoms with E-state index in [1.807, 2.05) is 13.8 Å². The molecule has 0 aliphatic heterocycles. The fourth-order valence-electron chi connectivity index (χ4n) is 3.23. The Morgan fingerprint density at radius 1 is 1.21 bits per heavy atom. The number of amides is 1. The van der Waals surface area contributed by atoms with Gasteiger partial charge in [-0.2, -0.15) is 0 Å². The molecule has 0 spiro atoms. The molecule has 0 bridgehead atoms. The topological polar surface area (TPSA) is 92.6 Å². The zero-order valence-corrected chi connectivity index (χ0v) is 17.3. The quantitative estimate of drug-likeness (QED) is 0.549. The molecule has 1 N–H and O–H groups in total. The molecule has 0 aliphatic rings. The lowest BCUT2D eigenvalue weighted by Gasteiger charge is -2.29. The molecular formula is C21H28N2O5. The third-order valence-electron chi connectivity index (χ3n) is 4.57. The summed E-state index contributed by atoms with van der Waals surface area (Å²) in [5.74, 6) is -0.716. The number of ether oxygens (including phenoxy) is 1. The van der Waals surface area contributed by atoms with Crippen molar-refractivity contribution in [3.05, 3.63) is 46.7 Å². The molecule has 2 rings (SSSR count). The van der Waals surface area contributed by atoms with Crippen molar-refractivity contribution in [1.82, 2.24) is 9.88 Å². The van der Waals surface area contributed by atoms with Gasteiger partial charge in [0.2, 0.25) is 0 Å². The molecule has 0 saturated carbocycles. The van der Waals surface area contributed by atoms with Gasteiger partial charge in [-0.15, -0.1) is 0 Å². The standard InChI is InChI=1S/C21H28N2O5/c1-7-27-21(26)18-13(4)17(14(5)22-18)19(24)15(6)23(11-12(2)3)20(25)16-9-8-10-28-16/h8-10,12,15,22H,7,11H2,1-6H3. The minimum Gasteiger partial charge on any atom is -0.461 e. The van der Waals surface area contributed by atoms with Gasteiger partial charge in [-0.25, -0.2) is 4.79 Å². The number of nitrogens with zero attached hydrogens (tertiary/aromatic N) is 1. The van der Waals surface area contributed by atoms with Crippen LogP contribution < -0.4 is 0 Å². The lowest BCUT2D eigenvalue weighted by Crippen LogP contribution is -2.45. The van der Waals surface area contributed by atoms with Crippen molar-refractivity contribution in [3.63, 3.8) is 0 Å². The number of carbonyl (C=O) groups excluding carboxylic acids is 3. The number of aromatic amines is 1. The second kappa shape index (κ2) is 8.91. The number of esters is 1. The molecule has 2 aromatic heterocycles. The predicted octanol–water partition coefficient (Wildman–Crippen LogP) is 3.77. The number of hydrogen-bond acceptors (Lipinski definition) is 5. The Kier molecular flexibility index (Phi) is 6.83. The summed E-state index contributed by atoms with van der Waals surface area (Å²) < 4.78 is 10.3. The van der Waals surface area contributed by atoms with Crippen LogP contribution >= 0.6 is 0 Å². The van der Waals surface area contributed by atoms with Gasteiger partial charge < -0.3 is 19.0 Å². The van der Waals surface area contributed by atoms with E-state index in [2.05, 4.69) is 4.98 Å². The highest BCUT2D eigenvalue weighted by atomic mass is 16.5. The molecule has 0 aromatic carbocycles. The van der Waals surface area contributed by atoms with Crippen LogP contribution in [0.2, 0.25) is 0 Å². The van der Waals surface area contributed by atoms with Gasteiger partial charge in [-0.3, -0.25) is 9.59 Å². The molecule has 2 heterocycles. The Balaban J connectivity index is 2.37. The van der Waals surface area contributed by atoms with E-state index in [0.717, 1.165) is 0 Å². The van der Waals surface area contributed by atoms with Crippen LogP contribution in [-0.4, -0.2) is 46.7 Å². The van der Waals surface area contributed by atoms with Crippen molar-refractivity contribution in [2.45, 2.75) is 47.6 Å². The van der Waals surface area contributed by atoms with Crippen LogP contribution in [0.15, 0.2) is 22.8 Å². The average Bonchev–Trinajstić information content (AvgIpc) is 3.26. The molecule has 1 amide bonds. The summed E-state index contributed by atoms with van der Waals surface area (Å²) in [6.07, 6.45) is 1.43. The molecule has 0 saturated heterocycles. The maximum absolute atomic E-state index is 13.3. The van der Waals surface area contributed by atoms with Crippen molar-refractivity contribution in [1.29, 1.82) is 0 Å². The van der Waals surface area contributed by atoms with Gasteiger partial charge >= 0.3 is 5.97 Å². The second-order valence-corrected chi connectivity index (χ2v) is 7.21. The molecule has 2 aromatic rings. The highest BCUT2D eigenvalue weighted by Crippen LogP contribution is 2.23. The number of furan rings is 1. The van der Waals surface area contributed by atoms with E-state index in [1.165, 1.54) is 11.2 Å². The van der Waals surface area contributed by atoms with Gasteiger partial charge in [-0.05, 0) is 51.3 Å². The lowest BCUT2D eigenvalue weighted by molar-refractivity contribution is 0.0518. The first-order valence-corrected chi connectivity index (χ1v) is 9.43. The van der Waals surface area contributed by atoms with Crippen LogP contribution in [0.3, 0.4) is 0 Å². The maximum Gasteiger partial charge on any atom is 0.355 e. The van der Waals surface area contributed by atoms with E-state index in [0.29, 0.717) is 23.4 Å². The Hall–Kier alpha value is -2.83. The zero-order chi connectivity index (χ0) is 21.0. The summed E-state index contributed by atoms with van der Waals surface area (Å²) in [4.78, 5) is 42.8. The summed E-state index contributed by atoms with van der Waals surface area (Å²) in [5.41, 5.74) is 1.79. The molecule has 0 fully saturated rings. The van der Waals surface area contributed by atoms with E-state index in [9.17, 15) is 14.4 Å². The van der Waals surface area contributed by atoms with Gasteiger partial charge in [0, 0.05) is 17.8 Å². The predicted molar refractivity (Wildman–Crippen MR) is 105 cm³/mol. The van der Waals surface area contributed by atoms with E-state index in [-0.39, 0.29) is 35.7 Å². The van der Waals surface area contributed by atoms with Gasteiger partial charge in [0.25, 0.3) is 5.91 Å². The van der Waals surface area contributed by atoms with Gasteiger partial charge in [0.1, 0.15) is 5.69 Å². The third kappa shape index (κ3) is 4.35. The normalized spacial score (nSPS) is 12.1. The number of carbonyl (C=O) groups is 3. The number of ketones is 1. The van der Waals surface area contributed by atoms with Crippen molar-refractivity contribution in [2.24, 2.45) is 5.92 Å². The van der Waals surface area contributed by atoms with Crippen LogP contribution in [0.5, 0.6) is 0 Å². The number of H-pyrrole nitrogens is 1. The number of rotatable bonds is 8. The molecule has 0 aliphatic carbocycles. The Labute approximate surface area is 165 Å².